The number of aliphatic carboxylic acids is 1. The summed E-state index contributed by atoms with van der Waals surface area (Å²) in [6, 6.07) is 21.0. The number of rotatable bonds is 8. The van der Waals surface area contributed by atoms with Crippen LogP contribution in [0.2, 0.25) is 0 Å². The smallest absolute Gasteiger partial charge is 0.341 e. The molecule has 0 aromatic heterocycles. The minimum absolute atomic E-state index is 0.0610. The first-order chi connectivity index (χ1) is 15.5. The van der Waals surface area contributed by atoms with Crippen LogP contribution in [0, 0.1) is 6.92 Å². The SMILES string of the molecule is Cc1ccc(N2CCOC(CN[C@H](C)c3cccc4ccccc34)C2)cc1OCC(=O)O. The molecule has 168 valence electrons. The van der Waals surface area contributed by atoms with Crippen molar-refractivity contribution < 1.29 is 19.4 Å². The molecule has 3 aromatic carbocycles. The number of carbonyl (C=O) groups is 1. The molecule has 6 heteroatoms. The summed E-state index contributed by atoms with van der Waals surface area (Å²) >= 11 is 0. The van der Waals surface area contributed by atoms with Gasteiger partial charge in [-0.1, -0.05) is 48.5 Å². The zero-order valence-electron chi connectivity index (χ0n) is 18.6. The molecule has 2 atom stereocenters. The maximum absolute atomic E-state index is 10.9. The minimum Gasteiger partial charge on any atom is -0.482 e. The van der Waals surface area contributed by atoms with Crippen LogP contribution in [0.25, 0.3) is 10.8 Å². The number of ether oxygens (including phenoxy) is 2. The average Bonchev–Trinajstić information content (AvgIpc) is 2.81. The summed E-state index contributed by atoms with van der Waals surface area (Å²) in [5, 5.41) is 15.1. The van der Waals surface area contributed by atoms with Gasteiger partial charge < -0.3 is 24.8 Å². The van der Waals surface area contributed by atoms with E-state index < -0.39 is 5.97 Å². The normalized spacial score (nSPS) is 17.3. The highest BCUT2D eigenvalue weighted by molar-refractivity contribution is 5.86. The molecule has 0 spiro atoms. The number of morpholine rings is 1. The first kappa shape index (κ1) is 22.1. The fourth-order valence-electron chi connectivity index (χ4n) is 4.20. The third-order valence-corrected chi connectivity index (χ3v) is 5.97. The Morgan fingerprint density at radius 2 is 2.03 bits per heavy atom. The van der Waals surface area contributed by atoms with Crippen LogP contribution in [0.1, 0.15) is 24.1 Å². The van der Waals surface area contributed by atoms with E-state index in [9.17, 15) is 4.79 Å². The highest BCUT2D eigenvalue weighted by atomic mass is 16.5. The molecule has 0 bridgehead atoms. The van der Waals surface area contributed by atoms with Gasteiger partial charge in [0.15, 0.2) is 6.61 Å². The predicted molar refractivity (Wildman–Crippen MR) is 127 cm³/mol. The van der Waals surface area contributed by atoms with Gasteiger partial charge in [0.2, 0.25) is 0 Å². The maximum Gasteiger partial charge on any atom is 0.341 e. The molecule has 0 aliphatic carbocycles. The lowest BCUT2D eigenvalue weighted by Gasteiger charge is -2.35. The van der Waals surface area contributed by atoms with Crippen molar-refractivity contribution in [3.05, 3.63) is 71.8 Å². The van der Waals surface area contributed by atoms with E-state index in [2.05, 4.69) is 65.7 Å². The van der Waals surface area contributed by atoms with Crippen molar-refractivity contribution in [1.82, 2.24) is 5.32 Å². The van der Waals surface area contributed by atoms with Gasteiger partial charge in [0.1, 0.15) is 5.75 Å². The number of hydrogen-bond donors (Lipinski definition) is 2. The lowest BCUT2D eigenvalue weighted by atomic mass is 9.99. The van der Waals surface area contributed by atoms with Crippen molar-refractivity contribution in [1.29, 1.82) is 0 Å². The number of carboxylic acid groups (broad SMARTS) is 1. The van der Waals surface area contributed by atoms with Crippen molar-refractivity contribution >= 4 is 22.4 Å². The summed E-state index contributed by atoms with van der Waals surface area (Å²) < 4.78 is 11.5. The van der Waals surface area contributed by atoms with Gasteiger partial charge in [-0.2, -0.15) is 0 Å². The van der Waals surface area contributed by atoms with Crippen LogP contribution in [0.15, 0.2) is 60.7 Å². The van der Waals surface area contributed by atoms with Crippen molar-refractivity contribution in [2.45, 2.75) is 26.0 Å². The van der Waals surface area contributed by atoms with Gasteiger partial charge in [0.05, 0.1) is 12.7 Å². The Hall–Kier alpha value is -3.09. The summed E-state index contributed by atoms with van der Waals surface area (Å²) in [6.07, 6.45) is 0.0610. The standard InChI is InChI=1S/C26H30N2O4/c1-18-10-11-21(14-25(18)32-17-26(29)30)28-12-13-31-22(16-28)15-27-19(2)23-9-5-7-20-6-3-4-8-24(20)23/h3-11,14,19,22,27H,12-13,15-17H2,1-2H3,(H,29,30)/t19-,22?/m1/s1. The van der Waals surface area contributed by atoms with Gasteiger partial charge in [0.25, 0.3) is 0 Å². The van der Waals surface area contributed by atoms with Crippen LogP contribution in [0.4, 0.5) is 5.69 Å². The number of nitrogens with zero attached hydrogens (tertiary/aromatic N) is 1. The fourth-order valence-corrected chi connectivity index (χ4v) is 4.20. The fraction of sp³-hybridized carbons (Fsp3) is 0.346. The Morgan fingerprint density at radius 3 is 2.88 bits per heavy atom. The lowest BCUT2D eigenvalue weighted by Crippen LogP contribution is -2.47. The Labute approximate surface area is 188 Å². The summed E-state index contributed by atoms with van der Waals surface area (Å²) in [4.78, 5) is 13.1. The molecule has 0 saturated carbocycles. The molecular formula is C26H30N2O4. The molecule has 2 N–H and O–H groups in total. The number of hydrogen-bond acceptors (Lipinski definition) is 5. The number of fused-ring (bicyclic) bond motifs is 1. The van der Waals surface area contributed by atoms with Gasteiger partial charge in [0, 0.05) is 37.4 Å². The van der Waals surface area contributed by atoms with Gasteiger partial charge in [-0.15, -0.1) is 0 Å². The summed E-state index contributed by atoms with van der Waals surface area (Å²) in [5.41, 5.74) is 3.23. The number of aryl methyl sites for hydroxylation is 1. The van der Waals surface area contributed by atoms with Crippen LogP contribution in [0.3, 0.4) is 0 Å². The van der Waals surface area contributed by atoms with E-state index in [1.54, 1.807) is 0 Å². The second-order valence-corrected chi connectivity index (χ2v) is 8.27. The van der Waals surface area contributed by atoms with Gasteiger partial charge in [-0.05, 0) is 41.8 Å². The van der Waals surface area contributed by atoms with E-state index in [0.29, 0.717) is 12.4 Å². The van der Waals surface area contributed by atoms with Crippen molar-refractivity contribution in [2.75, 3.05) is 37.7 Å². The molecule has 3 aromatic rings. The highest BCUT2D eigenvalue weighted by Crippen LogP contribution is 2.27. The molecule has 0 radical (unpaired) electrons. The summed E-state index contributed by atoms with van der Waals surface area (Å²) in [5.74, 6) is -0.372. The van der Waals surface area contributed by atoms with Crippen molar-refractivity contribution in [3.8, 4) is 5.75 Å². The molecule has 1 aliphatic heterocycles. The Balaban J connectivity index is 1.39. The zero-order chi connectivity index (χ0) is 22.5. The van der Waals surface area contributed by atoms with Crippen LogP contribution in [-0.2, 0) is 9.53 Å². The van der Waals surface area contributed by atoms with E-state index in [4.69, 9.17) is 14.6 Å². The number of nitrogens with one attached hydrogen (secondary N) is 1. The van der Waals surface area contributed by atoms with Crippen LogP contribution < -0.4 is 15.0 Å². The quantitative estimate of drug-likeness (QED) is 0.555. The Bertz CT molecular complexity index is 1080. The van der Waals surface area contributed by atoms with Crippen LogP contribution in [0.5, 0.6) is 5.75 Å². The van der Waals surface area contributed by atoms with Crippen molar-refractivity contribution in [2.24, 2.45) is 0 Å². The molecule has 1 heterocycles. The number of anilines is 1. The monoisotopic (exact) mass is 434 g/mol. The zero-order valence-corrected chi connectivity index (χ0v) is 18.6. The molecular weight excluding hydrogens is 404 g/mol. The molecule has 1 unspecified atom stereocenters. The molecule has 4 rings (SSSR count). The predicted octanol–water partition coefficient (Wildman–Crippen LogP) is 4.17. The third kappa shape index (κ3) is 5.21. The molecule has 1 saturated heterocycles. The molecule has 1 fully saturated rings. The van der Waals surface area contributed by atoms with Crippen LogP contribution in [-0.4, -0.2) is 50.0 Å². The molecule has 1 aliphatic rings. The van der Waals surface area contributed by atoms with E-state index in [-0.39, 0.29) is 18.8 Å². The van der Waals surface area contributed by atoms with Crippen molar-refractivity contribution in [3.63, 3.8) is 0 Å². The second-order valence-electron chi connectivity index (χ2n) is 8.27. The van der Waals surface area contributed by atoms with Gasteiger partial charge in [-0.3, -0.25) is 0 Å². The molecule has 0 amide bonds. The van der Waals surface area contributed by atoms with Gasteiger partial charge >= 0.3 is 5.97 Å². The van der Waals surface area contributed by atoms with Gasteiger partial charge in [-0.25, -0.2) is 4.79 Å². The van der Waals surface area contributed by atoms with E-state index >= 15 is 0 Å². The Morgan fingerprint density at radius 1 is 1.22 bits per heavy atom. The molecule has 32 heavy (non-hydrogen) atoms. The minimum atomic E-state index is -0.979. The second kappa shape index (κ2) is 10.0. The molecule has 6 nitrogen and oxygen atoms in total. The summed E-state index contributed by atoms with van der Waals surface area (Å²) in [6.45, 7) is 6.71. The average molecular weight is 435 g/mol. The van der Waals surface area contributed by atoms with E-state index in [1.807, 2.05) is 19.1 Å². The number of benzene rings is 3. The lowest BCUT2D eigenvalue weighted by molar-refractivity contribution is -0.139. The third-order valence-electron chi connectivity index (χ3n) is 5.97. The number of carboxylic acids is 1. The van der Waals surface area contributed by atoms with E-state index in [0.717, 1.165) is 30.9 Å². The van der Waals surface area contributed by atoms with Crippen LogP contribution >= 0.6 is 0 Å². The summed E-state index contributed by atoms with van der Waals surface area (Å²) in [7, 11) is 0. The maximum atomic E-state index is 10.9. The highest BCUT2D eigenvalue weighted by Gasteiger charge is 2.22. The van der Waals surface area contributed by atoms with E-state index in [1.165, 1.54) is 16.3 Å². The largest absolute Gasteiger partial charge is 0.482 e. The topological polar surface area (TPSA) is 71.0 Å². The first-order valence-corrected chi connectivity index (χ1v) is 11.0. The Kier molecular flexibility index (Phi) is 6.93. The first-order valence-electron chi connectivity index (χ1n) is 11.0.